The molecule has 9 heteroatoms. The summed E-state index contributed by atoms with van der Waals surface area (Å²) >= 11 is 7.58. The molecular weight excluding hydrogens is 490 g/mol. The van der Waals surface area contributed by atoms with Gasteiger partial charge in [0.05, 0.1) is 9.90 Å². The fraction of sp³-hybridized carbons (Fsp3) is 0.280. The number of hydrogen-bond acceptors (Lipinski definition) is 5. The minimum atomic E-state index is -3.60. The molecule has 1 amide bonds. The monoisotopic (exact) mass is 515 g/mol. The first kappa shape index (κ1) is 24.6. The summed E-state index contributed by atoms with van der Waals surface area (Å²) in [4.78, 5) is 17.6. The van der Waals surface area contributed by atoms with Crippen LogP contribution in [0.3, 0.4) is 0 Å². The second-order valence-corrected chi connectivity index (χ2v) is 11.7. The Hall–Kier alpha value is -2.52. The first-order valence-electron chi connectivity index (χ1n) is 10.9. The molecule has 2 heterocycles. The average molecular weight is 516 g/mol. The number of nitrogens with one attached hydrogen (secondary N) is 1. The van der Waals surface area contributed by atoms with Crippen LogP contribution in [0.25, 0.3) is 5.57 Å². The van der Waals surface area contributed by atoms with E-state index in [2.05, 4.69) is 16.9 Å². The van der Waals surface area contributed by atoms with Gasteiger partial charge in [0.15, 0.2) is 0 Å². The maximum atomic E-state index is 13.0. The number of rotatable bonds is 6. The lowest BCUT2D eigenvalue weighted by molar-refractivity contribution is 0.102. The largest absolute Gasteiger partial charge is 0.320 e. The van der Waals surface area contributed by atoms with Crippen molar-refractivity contribution >= 4 is 50.1 Å². The highest BCUT2D eigenvalue weighted by molar-refractivity contribution is 7.89. The van der Waals surface area contributed by atoms with Crippen LogP contribution in [0.1, 0.15) is 52.3 Å². The molecule has 1 aliphatic heterocycles. The molecule has 0 unspecified atom stereocenters. The highest BCUT2D eigenvalue weighted by Gasteiger charge is 2.31. The van der Waals surface area contributed by atoms with Gasteiger partial charge in [0.1, 0.15) is 5.69 Å². The lowest BCUT2D eigenvalue weighted by Gasteiger charge is -2.30. The van der Waals surface area contributed by atoms with Crippen LogP contribution in [0, 0.1) is 6.92 Å². The van der Waals surface area contributed by atoms with Crippen molar-refractivity contribution < 1.29 is 13.2 Å². The number of carbonyl (C=O) groups excluding carboxylic acids is 1. The van der Waals surface area contributed by atoms with Gasteiger partial charge < -0.3 is 5.32 Å². The van der Waals surface area contributed by atoms with Crippen LogP contribution in [-0.4, -0.2) is 36.7 Å². The molecule has 0 atom stereocenters. The molecule has 4 rings (SSSR count). The number of amides is 1. The SMILES string of the molecule is C=C(C)c1ccccc1NC(=O)c1csc(C2CCN(S(=O)(=O)c3ccc(C)c(Cl)c3)CC2)n1. The number of benzene rings is 2. The first-order valence-corrected chi connectivity index (χ1v) is 13.6. The summed E-state index contributed by atoms with van der Waals surface area (Å²) in [6.45, 7) is 8.49. The Balaban J connectivity index is 1.41. The molecule has 0 aliphatic carbocycles. The Kier molecular flexibility index (Phi) is 7.23. The average Bonchev–Trinajstić information content (AvgIpc) is 3.31. The molecule has 1 N–H and O–H groups in total. The van der Waals surface area contributed by atoms with Crippen LogP contribution < -0.4 is 5.32 Å². The van der Waals surface area contributed by atoms with Gasteiger partial charge in [0.2, 0.25) is 10.0 Å². The zero-order valence-corrected chi connectivity index (χ0v) is 21.4. The normalized spacial score (nSPS) is 15.3. The Labute approximate surface area is 209 Å². The third-order valence-corrected chi connectivity index (χ3v) is 9.28. The predicted molar refractivity (Wildman–Crippen MR) is 138 cm³/mol. The Morgan fingerprint density at radius 3 is 2.59 bits per heavy atom. The number of allylic oxidation sites excluding steroid dienone is 1. The number of anilines is 1. The van der Waals surface area contributed by atoms with Gasteiger partial charge in [-0.3, -0.25) is 4.79 Å². The number of halogens is 1. The molecule has 0 radical (unpaired) electrons. The minimum Gasteiger partial charge on any atom is -0.320 e. The van der Waals surface area contributed by atoms with Gasteiger partial charge >= 0.3 is 0 Å². The summed E-state index contributed by atoms with van der Waals surface area (Å²) in [7, 11) is -3.60. The smallest absolute Gasteiger partial charge is 0.275 e. The molecule has 1 fully saturated rings. The summed E-state index contributed by atoms with van der Waals surface area (Å²) in [5.41, 5.74) is 3.65. The highest BCUT2D eigenvalue weighted by Crippen LogP contribution is 2.33. The van der Waals surface area contributed by atoms with Crippen molar-refractivity contribution in [1.29, 1.82) is 0 Å². The first-order chi connectivity index (χ1) is 16.2. The molecule has 0 saturated carbocycles. The van der Waals surface area contributed by atoms with Gasteiger partial charge in [0, 0.05) is 40.7 Å². The molecule has 2 aromatic carbocycles. The third-order valence-electron chi connectivity index (χ3n) is 5.97. The van der Waals surface area contributed by atoms with Gasteiger partial charge in [-0.1, -0.05) is 42.4 Å². The van der Waals surface area contributed by atoms with Crippen LogP contribution in [0.2, 0.25) is 5.02 Å². The Morgan fingerprint density at radius 1 is 1.21 bits per heavy atom. The number of sulfonamides is 1. The van der Waals surface area contributed by atoms with E-state index >= 15 is 0 Å². The lowest BCUT2D eigenvalue weighted by Crippen LogP contribution is -2.37. The number of nitrogens with zero attached hydrogens (tertiary/aromatic N) is 2. The molecular formula is C25H26ClN3O3S2. The number of aromatic nitrogens is 1. The van der Waals surface area contributed by atoms with E-state index in [1.54, 1.807) is 17.5 Å². The van der Waals surface area contributed by atoms with Crippen LogP contribution in [0.5, 0.6) is 0 Å². The van der Waals surface area contributed by atoms with Crippen molar-refractivity contribution in [2.75, 3.05) is 18.4 Å². The van der Waals surface area contributed by atoms with E-state index in [9.17, 15) is 13.2 Å². The van der Waals surface area contributed by atoms with Crippen molar-refractivity contribution in [1.82, 2.24) is 9.29 Å². The summed E-state index contributed by atoms with van der Waals surface area (Å²) in [5, 5.41) is 5.98. The maximum Gasteiger partial charge on any atom is 0.275 e. The van der Waals surface area contributed by atoms with Crippen LogP contribution in [0.15, 0.2) is 59.3 Å². The van der Waals surface area contributed by atoms with Gasteiger partial charge in [-0.15, -0.1) is 11.3 Å². The zero-order chi connectivity index (χ0) is 24.5. The highest BCUT2D eigenvalue weighted by atomic mass is 35.5. The van der Waals surface area contributed by atoms with E-state index < -0.39 is 10.0 Å². The standard InChI is InChI=1S/C25H26ClN3O3S2/c1-16(2)20-6-4-5-7-22(20)27-24(30)23-15-33-25(28-23)18-10-12-29(13-11-18)34(31,32)19-9-8-17(3)21(26)14-19/h4-9,14-15,18H,1,10-13H2,2-3H3,(H,27,30). The lowest BCUT2D eigenvalue weighted by atomic mass is 9.99. The van der Waals surface area contributed by atoms with Crippen molar-refractivity contribution in [2.24, 2.45) is 0 Å². The summed E-state index contributed by atoms with van der Waals surface area (Å²) in [5.74, 6) is -0.158. The van der Waals surface area contributed by atoms with Gasteiger partial charge in [-0.2, -0.15) is 4.31 Å². The van der Waals surface area contributed by atoms with E-state index in [1.807, 2.05) is 38.1 Å². The quantitative estimate of drug-likeness (QED) is 0.439. The molecule has 0 spiro atoms. The fourth-order valence-electron chi connectivity index (χ4n) is 3.96. The minimum absolute atomic E-state index is 0.113. The molecule has 6 nitrogen and oxygen atoms in total. The Bertz CT molecular complexity index is 1340. The third kappa shape index (κ3) is 5.10. The molecule has 178 valence electrons. The number of hydrogen-bond donors (Lipinski definition) is 1. The molecule has 0 bridgehead atoms. The van der Waals surface area contributed by atoms with E-state index in [4.69, 9.17) is 11.6 Å². The topological polar surface area (TPSA) is 79.4 Å². The van der Waals surface area contributed by atoms with E-state index in [0.717, 1.165) is 21.7 Å². The molecule has 1 aliphatic rings. The fourth-order valence-corrected chi connectivity index (χ4v) is 6.67. The zero-order valence-electron chi connectivity index (χ0n) is 19.0. The number of thiazole rings is 1. The number of aryl methyl sites for hydroxylation is 1. The molecule has 1 aromatic heterocycles. The number of carbonyl (C=O) groups is 1. The summed E-state index contributed by atoms with van der Waals surface area (Å²) < 4.78 is 27.6. The van der Waals surface area contributed by atoms with E-state index in [-0.39, 0.29) is 16.7 Å². The van der Waals surface area contributed by atoms with Gasteiger partial charge in [0.25, 0.3) is 5.91 Å². The van der Waals surface area contributed by atoms with Crippen molar-refractivity contribution in [3.05, 3.63) is 81.3 Å². The number of piperidine rings is 1. The van der Waals surface area contributed by atoms with Gasteiger partial charge in [-0.05, 0) is 56.0 Å². The van der Waals surface area contributed by atoms with Crippen molar-refractivity contribution in [2.45, 2.75) is 37.5 Å². The maximum absolute atomic E-state index is 13.0. The van der Waals surface area contributed by atoms with E-state index in [0.29, 0.717) is 42.3 Å². The van der Waals surface area contributed by atoms with Crippen molar-refractivity contribution in [3.63, 3.8) is 0 Å². The van der Waals surface area contributed by atoms with Crippen molar-refractivity contribution in [3.8, 4) is 0 Å². The van der Waals surface area contributed by atoms with E-state index in [1.165, 1.54) is 21.7 Å². The second kappa shape index (κ2) is 10.00. The molecule has 3 aromatic rings. The molecule has 34 heavy (non-hydrogen) atoms. The second-order valence-electron chi connectivity index (χ2n) is 8.44. The molecule has 1 saturated heterocycles. The Morgan fingerprint density at radius 2 is 1.91 bits per heavy atom. The number of para-hydroxylation sites is 1. The summed E-state index contributed by atoms with van der Waals surface area (Å²) in [6.07, 6.45) is 1.29. The van der Waals surface area contributed by atoms with Crippen LogP contribution in [-0.2, 0) is 10.0 Å². The van der Waals surface area contributed by atoms with Crippen LogP contribution >= 0.6 is 22.9 Å². The van der Waals surface area contributed by atoms with Crippen LogP contribution in [0.4, 0.5) is 5.69 Å². The van der Waals surface area contributed by atoms with Gasteiger partial charge in [-0.25, -0.2) is 13.4 Å². The summed E-state index contributed by atoms with van der Waals surface area (Å²) in [6, 6.07) is 12.3. The predicted octanol–water partition coefficient (Wildman–Crippen LogP) is 5.96.